The molecule has 23 heavy (non-hydrogen) atoms. The summed E-state index contributed by atoms with van der Waals surface area (Å²) in [6.07, 6.45) is 4.94. The predicted octanol–water partition coefficient (Wildman–Crippen LogP) is -0.653. The zero-order valence-corrected chi connectivity index (χ0v) is 13.4. The number of carboxylic acids is 1. The molecule has 0 aliphatic carbocycles. The van der Waals surface area contributed by atoms with Gasteiger partial charge in [0, 0.05) is 12.4 Å². The van der Waals surface area contributed by atoms with E-state index in [1.54, 1.807) is 0 Å². The first-order chi connectivity index (χ1) is 11.1. The van der Waals surface area contributed by atoms with Crippen molar-refractivity contribution in [3.63, 3.8) is 0 Å². The number of carbonyl (C=O) groups is 2. The van der Waals surface area contributed by atoms with Crippen LogP contribution in [0, 0.1) is 0 Å². The Morgan fingerprint density at radius 1 is 1.13 bits per heavy atom. The molecule has 1 aliphatic heterocycles. The second kappa shape index (κ2) is 9.10. The third-order valence-corrected chi connectivity index (χ3v) is 4.11. The zero-order chi connectivity index (χ0) is 16.5. The maximum atomic E-state index is 12.0. The normalized spacial score (nSPS) is 15.9. The summed E-state index contributed by atoms with van der Waals surface area (Å²) in [6.45, 7) is 4.33. The van der Waals surface area contributed by atoms with Gasteiger partial charge in [0.15, 0.2) is 0 Å². The van der Waals surface area contributed by atoms with Crippen molar-refractivity contribution in [2.75, 3.05) is 32.7 Å². The van der Waals surface area contributed by atoms with Crippen LogP contribution in [0.15, 0.2) is 36.4 Å². The molecule has 1 saturated heterocycles. The maximum Gasteiger partial charge on any atom is 0.222 e. The average Bonchev–Trinajstić information content (AvgIpc) is 2.56. The van der Waals surface area contributed by atoms with Gasteiger partial charge in [-0.3, -0.25) is 4.79 Å². The van der Waals surface area contributed by atoms with E-state index in [0.29, 0.717) is 12.8 Å². The highest BCUT2D eigenvalue weighted by molar-refractivity contribution is 5.76. The summed E-state index contributed by atoms with van der Waals surface area (Å²) < 4.78 is 0. The highest BCUT2D eigenvalue weighted by Crippen LogP contribution is 2.02. The van der Waals surface area contributed by atoms with E-state index in [9.17, 15) is 14.7 Å². The highest BCUT2D eigenvalue weighted by atomic mass is 16.4. The summed E-state index contributed by atoms with van der Waals surface area (Å²) in [5.41, 5.74) is 1.20. The quantitative estimate of drug-likeness (QED) is 0.727. The molecule has 0 unspecified atom stereocenters. The van der Waals surface area contributed by atoms with Crippen LogP contribution in [-0.2, 0) is 9.59 Å². The van der Waals surface area contributed by atoms with Crippen molar-refractivity contribution in [1.82, 2.24) is 4.90 Å². The van der Waals surface area contributed by atoms with Crippen LogP contribution in [0.1, 0.15) is 24.8 Å². The number of nitrogens with one attached hydrogen (secondary N) is 1. The van der Waals surface area contributed by atoms with Gasteiger partial charge in [0.1, 0.15) is 0 Å². The fourth-order valence-corrected chi connectivity index (χ4v) is 2.74. The zero-order valence-electron chi connectivity index (χ0n) is 13.4. The molecule has 5 nitrogen and oxygen atoms in total. The lowest BCUT2D eigenvalue weighted by molar-refractivity contribution is -0.898. The van der Waals surface area contributed by atoms with E-state index >= 15 is 0 Å². The van der Waals surface area contributed by atoms with Gasteiger partial charge in [-0.05, 0) is 24.5 Å². The Kier molecular flexibility index (Phi) is 6.81. The van der Waals surface area contributed by atoms with E-state index in [4.69, 9.17) is 0 Å². The Hall–Kier alpha value is -2.14. The second-order valence-electron chi connectivity index (χ2n) is 5.87. The summed E-state index contributed by atoms with van der Waals surface area (Å²) in [4.78, 5) is 25.6. The fraction of sp³-hybridized carbons (Fsp3) is 0.444. The van der Waals surface area contributed by atoms with Gasteiger partial charge in [-0.2, -0.15) is 0 Å². The Balaban J connectivity index is 1.66. The molecule has 0 aromatic heterocycles. The van der Waals surface area contributed by atoms with Gasteiger partial charge in [-0.15, -0.1) is 0 Å². The number of amides is 1. The van der Waals surface area contributed by atoms with Crippen LogP contribution in [0.25, 0.3) is 6.08 Å². The number of carboxylic acid groups (broad SMARTS) is 1. The summed E-state index contributed by atoms with van der Waals surface area (Å²) in [5, 5.41) is 10.4. The van der Waals surface area contributed by atoms with E-state index < -0.39 is 5.97 Å². The third-order valence-electron chi connectivity index (χ3n) is 4.11. The SMILES string of the molecule is O=C([O-])CCCC(=O)N1CC[NH+](C/C=C/c2ccccc2)CC1. The largest absolute Gasteiger partial charge is 0.550 e. The number of carbonyl (C=O) groups excluding carboxylic acids is 2. The molecule has 2 rings (SSSR count). The van der Waals surface area contributed by atoms with Crippen molar-refractivity contribution in [3.8, 4) is 0 Å². The van der Waals surface area contributed by atoms with Crippen LogP contribution in [0.5, 0.6) is 0 Å². The molecule has 1 amide bonds. The molecule has 1 N–H and O–H groups in total. The minimum Gasteiger partial charge on any atom is -0.550 e. The minimum atomic E-state index is -1.09. The summed E-state index contributed by atoms with van der Waals surface area (Å²) in [7, 11) is 0. The molecule has 0 radical (unpaired) electrons. The van der Waals surface area contributed by atoms with Gasteiger partial charge in [-0.25, -0.2) is 0 Å². The van der Waals surface area contributed by atoms with Crippen molar-refractivity contribution in [2.24, 2.45) is 0 Å². The number of nitrogens with zero attached hydrogens (tertiary/aromatic N) is 1. The highest BCUT2D eigenvalue weighted by Gasteiger charge is 2.22. The summed E-state index contributed by atoms with van der Waals surface area (Å²) in [5.74, 6) is -1.03. The van der Waals surface area contributed by atoms with E-state index in [-0.39, 0.29) is 12.3 Å². The predicted molar refractivity (Wildman–Crippen MR) is 86.5 cm³/mol. The van der Waals surface area contributed by atoms with E-state index in [0.717, 1.165) is 32.7 Å². The van der Waals surface area contributed by atoms with E-state index in [1.807, 2.05) is 23.1 Å². The number of hydrogen-bond donors (Lipinski definition) is 1. The Morgan fingerprint density at radius 3 is 2.48 bits per heavy atom. The molecule has 0 bridgehead atoms. The van der Waals surface area contributed by atoms with E-state index in [2.05, 4.69) is 24.3 Å². The lowest BCUT2D eigenvalue weighted by Gasteiger charge is -2.31. The Labute approximate surface area is 137 Å². The first-order valence-corrected chi connectivity index (χ1v) is 8.18. The van der Waals surface area contributed by atoms with Crippen LogP contribution in [-0.4, -0.2) is 49.5 Å². The van der Waals surface area contributed by atoms with Gasteiger partial charge in [-0.1, -0.05) is 36.4 Å². The molecule has 1 aliphatic rings. The lowest BCUT2D eigenvalue weighted by atomic mass is 10.2. The van der Waals surface area contributed by atoms with Crippen LogP contribution in [0.4, 0.5) is 0 Å². The van der Waals surface area contributed by atoms with Gasteiger partial charge in [0.2, 0.25) is 5.91 Å². The molecular weight excluding hydrogens is 292 g/mol. The van der Waals surface area contributed by atoms with Crippen LogP contribution < -0.4 is 10.0 Å². The van der Waals surface area contributed by atoms with Crippen LogP contribution >= 0.6 is 0 Å². The van der Waals surface area contributed by atoms with Crippen LogP contribution in [0.3, 0.4) is 0 Å². The molecule has 0 atom stereocenters. The standard InChI is InChI=1S/C18H24N2O3/c21-17(9-4-10-18(22)23)20-14-12-19(13-15-20)11-5-8-16-6-2-1-3-7-16/h1-3,5-8H,4,9-15H2,(H,22,23)/b8-5+. The Bertz CT molecular complexity index is 534. The van der Waals surface area contributed by atoms with Crippen molar-refractivity contribution < 1.29 is 19.6 Å². The summed E-state index contributed by atoms with van der Waals surface area (Å²) >= 11 is 0. The van der Waals surface area contributed by atoms with Gasteiger partial charge in [0.25, 0.3) is 0 Å². The van der Waals surface area contributed by atoms with Crippen molar-refractivity contribution in [1.29, 1.82) is 0 Å². The van der Waals surface area contributed by atoms with Crippen molar-refractivity contribution in [2.45, 2.75) is 19.3 Å². The lowest BCUT2D eigenvalue weighted by Crippen LogP contribution is -3.14. The molecule has 1 fully saturated rings. The fourth-order valence-electron chi connectivity index (χ4n) is 2.74. The monoisotopic (exact) mass is 316 g/mol. The van der Waals surface area contributed by atoms with E-state index in [1.165, 1.54) is 10.5 Å². The first kappa shape index (κ1) is 17.2. The summed E-state index contributed by atoms with van der Waals surface area (Å²) in [6, 6.07) is 10.2. The minimum absolute atomic E-state index is 0.0404. The van der Waals surface area contributed by atoms with Gasteiger partial charge in [0.05, 0.1) is 32.7 Å². The molecular formula is C18H24N2O3. The van der Waals surface area contributed by atoms with Gasteiger partial charge >= 0.3 is 0 Å². The van der Waals surface area contributed by atoms with Crippen LogP contribution in [0.2, 0.25) is 0 Å². The maximum absolute atomic E-state index is 12.0. The number of rotatable bonds is 7. The average molecular weight is 316 g/mol. The number of benzene rings is 1. The molecule has 0 saturated carbocycles. The number of piperazine rings is 1. The Morgan fingerprint density at radius 2 is 1.83 bits per heavy atom. The molecule has 0 spiro atoms. The molecule has 1 aromatic rings. The number of hydrogen-bond acceptors (Lipinski definition) is 3. The number of aliphatic carboxylic acids is 1. The van der Waals surface area contributed by atoms with Crippen molar-refractivity contribution in [3.05, 3.63) is 42.0 Å². The molecule has 5 heteroatoms. The third kappa shape index (κ3) is 6.24. The molecule has 124 valence electrons. The smallest absolute Gasteiger partial charge is 0.222 e. The van der Waals surface area contributed by atoms with Crippen molar-refractivity contribution >= 4 is 18.0 Å². The molecule has 1 aromatic carbocycles. The first-order valence-electron chi connectivity index (χ1n) is 8.18. The van der Waals surface area contributed by atoms with Gasteiger partial charge < -0.3 is 19.7 Å². The second-order valence-corrected chi connectivity index (χ2v) is 5.87. The topological polar surface area (TPSA) is 64.9 Å². The molecule has 1 heterocycles. The number of quaternary nitrogens is 1.